The molecular formula is C26H36N2O3. The average molecular weight is 425 g/mol. The lowest BCUT2D eigenvalue weighted by Gasteiger charge is -2.33. The van der Waals surface area contributed by atoms with Crippen molar-refractivity contribution in [2.45, 2.75) is 57.6 Å². The van der Waals surface area contributed by atoms with Crippen LogP contribution in [0.5, 0.6) is 5.75 Å². The zero-order chi connectivity index (χ0) is 21.6. The standard InChI is InChI=1S/C26H36N2O3/c1-20-6-3-4-13-27(20)14-5-17-31-25-10-9-21-18-23(8-7-22(21)19-25)26(29)28-15-11-24(30-2)12-16-28/h7-10,18-20,24H,3-6,11-17H2,1-2H3. The molecule has 0 N–H and O–H groups in total. The Bertz CT molecular complexity index is 876. The van der Waals surface area contributed by atoms with Crippen molar-refractivity contribution in [1.29, 1.82) is 0 Å². The molecule has 1 amide bonds. The van der Waals surface area contributed by atoms with Crippen molar-refractivity contribution < 1.29 is 14.3 Å². The summed E-state index contributed by atoms with van der Waals surface area (Å²) in [6.07, 6.45) is 7.16. The molecule has 2 fully saturated rings. The quantitative estimate of drug-likeness (QED) is 0.603. The van der Waals surface area contributed by atoms with E-state index in [0.717, 1.165) is 67.6 Å². The van der Waals surface area contributed by atoms with E-state index < -0.39 is 0 Å². The van der Waals surface area contributed by atoms with E-state index in [9.17, 15) is 4.79 Å². The summed E-state index contributed by atoms with van der Waals surface area (Å²) in [7, 11) is 1.75. The van der Waals surface area contributed by atoms with Gasteiger partial charge in [0.25, 0.3) is 5.91 Å². The number of nitrogens with zero attached hydrogens (tertiary/aromatic N) is 2. The van der Waals surface area contributed by atoms with Crippen molar-refractivity contribution in [1.82, 2.24) is 9.80 Å². The molecule has 0 aromatic heterocycles. The molecule has 2 aromatic carbocycles. The zero-order valence-corrected chi connectivity index (χ0v) is 19.0. The van der Waals surface area contributed by atoms with Crippen LogP contribution in [0.2, 0.25) is 0 Å². The molecule has 2 aliphatic rings. The van der Waals surface area contributed by atoms with Gasteiger partial charge >= 0.3 is 0 Å². The number of rotatable bonds is 7. The number of piperidine rings is 2. The molecule has 0 spiro atoms. The van der Waals surface area contributed by atoms with E-state index in [2.05, 4.69) is 24.0 Å². The van der Waals surface area contributed by atoms with Gasteiger partial charge in [0.05, 0.1) is 12.7 Å². The summed E-state index contributed by atoms with van der Waals surface area (Å²) >= 11 is 0. The Morgan fingerprint density at radius 2 is 1.77 bits per heavy atom. The largest absolute Gasteiger partial charge is 0.494 e. The van der Waals surface area contributed by atoms with E-state index in [1.54, 1.807) is 7.11 Å². The third kappa shape index (κ3) is 5.58. The highest BCUT2D eigenvalue weighted by molar-refractivity contribution is 5.98. The topological polar surface area (TPSA) is 42.0 Å². The fourth-order valence-electron chi connectivity index (χ4n) is 4.87. The van der Waals surface area contributed by atoms with Gasteiger partial charge < -0.3 is 19.3 Å². The molecular weight excluding hydrogens is 388 g/mol. The second-order valence-electron chi connectivity index (χ2n) is 9.03. The van der Waals surface area contributed by atoms with Gasteiger partial charge in [0.1, 0.15) is 5.75 Å². The molecule has 5 nitrogen and oxygen atoms in total. The molecule has 2 heterocycles. The number of hydrogen-bond acceptors (Lipinski definition) is 4. The summed E-state index contributed by atoms with van der Waals surface area (Å²) in [5, 5.41) is 2.18. The number of benzene rings is 2. The number of ether oxygens (including phenoxy) is 2. The lowest BCUT2D eigenvalue weighted by Crippen LogP contribution is -2.40. The van der Waals surface area contributed by atoms with Crippen LogP contribution in [0, 0.1) is 0 Å². The van der Waals surface area contributed by atoms with E-state index in [1.165, 1.54) is 25.8 Å². The van der Waals surface area contributed by atoms with Crippen LogP contribution < -0.4 is 4.74 Å². The second-order valence-corrected chi connectivity index (χ2v) is 9.03. The van der Waals surface area contributed by atoms with Gasteiger partial charge in [-0.3, -0.25) is 4.79 Å². The van der Waals surface area contributed by atoms with Crippen LogP contribution >= 0.6 is 0 Å². The number of carbonyl (C=O) groups excluding carboxylic acids is 1. The number of carbonyl (C=O) groups is 1. The Kier molecular flexibility index (Phi) is 7.46. The maximum absolute atomic E-state index is 12.9. The van der Waals surface area contributed by atoms with Gasteiger partial charge in [0.15, 0.2) is 0 Å². The molecule has 2 aliphatic heterocycles. The minimum atomic E-state index is 0.115. The SMILES string of the molecule is COC1CCN(C(=O)c2ccc3cc(OCCCN4CCCCC4C)ccc3c2)CC1. The molecule has 5 heteroatoms. The predicted molar refractivity (Wildman–Crippen MR) is 125 cm³/mol. The monoisotopic (exact) mass is 424 g/mol. The molecule has 0 saturated carbocycles. The molecule has 0 radical (unpaired) electrons. The van der Waals surface area contributed by atoms with Crippen LogP contribution in [0.25, 0.3) is 10.8 Å². The summed E-state index contributed by atoms with van der Waals surface area (Å²) in [6, 6.07) is 12.8. The predicted octanol–water partition coefficient (Wildman–Crippen LogP) is 4.73. The van der Waals surface area contributed by atoms with E-state index in [4.69, 9.17) is 9.47 Å². The normalized spacial score (nSPS) is 20.8. The maximum atomic E-state index is 12.9. The number of fused-ring (bicyclic) bond motifs is 1. The zero-order valence-electron chi connectivity index (χ0n) is 19.0. The van der Waals surface area contributed by atoms with E-state index in [-0.39, 0.29) is 12.0 Å². The summed E-state index contributed by atoms with van der Waals surface area (Å²) in [4.78, 5) is 17.4. The van der Waals surface area contributed by atoms with Crippen molar-refractivity contribution in [3.8, 4) is 5.75 Å². The highest BCUT2D eigenvalue weighted by Gasteiger charge is 2.23. The van der Waals surface area contributed by atoms with Gasteiger partial charge in [-0.1, -0.05) is 18.6 Å². The van der Waals surface area contributed by atoms with Crippen molar-refractivity contribution in [2.24, 2.45) is 0 Å². The van der Waals surface area contributed by atoms with Crippen LogP contribution in [0.3, 0.4) is 0 Å². The maximum Gasteiger partial charge on any atom is 0.253 e. The van der Waals surface area contributed by atoms with E-state index in [0.29, 0.717) is 6.04 Å². The Morgan fingerprint density at radius 1 is 1.00 bits per heavy atom. The van der Waals surface area contributed by atoms with Crippen LogP contribution in [-0.2, 0) is 4.74 Å². The molecule has 1 unspecified atom stereocenters. The third-order valence-corrected chi connectivity index (χ3v) is 6.92. The van der Waals surface area contributed by atoms with Gasteiger partial charge in [-0.2, -0.15) is 0 Å². The molecule has 31 heavy (non-hydrogen) atoms. The van der Waals surface area contributed by atoms with Gasteiger partial charge in [0.2, 0.25) is 0 Å². The lowest BCUT2D eigenvalue weighted by molar-refractivity contribution is 0.0351. The third-order valence-electron chi connectivity index (χ3n) is 6.92. The van der Waals surface area contributed by atoms with E-state index >= 15 is 0 Å². The van der Waals surface area contributed by atoms with Gasteiger partial charge in [-0.05, 0) is 80.6 Å². The average Bonchev–Trinajstić information content (AvgIpc) is 2.82. The Labute approximate surface area is 186 Å². The smallest absolute Gasteiger partial charge is 0.253 e. The number of methoxy groups -OCH3 is 1. The molecule has 4 rings (SSSR count). The first-order valence-electron chi connectivity index (χ1n) is 11.9. The summed E-state index contributed by atoms with van der Waals surface area (Å²) in [5.74, 6) is 1.02. The number of amides is 1. The second kappa shape index (κ2) is 10.5. The Morgan fingerprint density at radius 3 is 2.55 bits per heavy atom. The highest BCUT2D eigenvalue weighted by Crippen LogP contribution is 2.24. The molecule has 0 bridgehead atoms. The minimum Gasteiger partial charge on any atom is -0.494 e. The van der Waals surface area contributed by atoms with Gasteiger partial charge in [-0.25, -0.2) is 0 Å². The highest BCUT2D eigenvalue weighted by atomic mass is 16.5. The summed E-state index contributed by atoms with van der Waals surface area (Å²) in [5.41, 5.74) is 0.757. The van der Waals surface area contributed by atoms with Gasteiger partial charge in [0, 0.05) is 38.3 Å². The summed E-state index contributed by atoms with van der Waals surface area (Å²) in [6.45, 7) is 6.94. The first-order chi connectivity index (χ1) is 15.1. The molecule has 1 atom stereocenters. The van der Waals surface area contributed by atoms with Crippen molar-refractivity contribution in [2.75, 3.05) is 39.9 Å². The van der Waals surface area contributed by atoms with E-state index in [1.807, 2.05) is 29.2 Å². The van der Waals surface area contributed by atoms with Gasteiger partial charge in [-0.15, -0.1) is 0 Å². The van der Waals surface area contributed by atoms with Crippen molar-refractivity contribution in [3.05, 3.63) is 42.0 Å². The first kappa shape index (κ1) is 22.1. The molecule has 0 aliphatic carbocycles. The molecule has 2 saturated heterocycles. The van der Waals surface area contributed by atoms with Crippen LogP contribution in [0.1, 0.15) is 55.8 Å². The summed E-state index contributed by atoms with van der Waals surface area (Å²) < 4.78 is 11.4. The van der Waals surface area contributed by atoms with Crippen molar-refractivity contribution >= 4 is 16.7 Å². The Balaban J connectivity index is 1.31. The lowest BCUT2D eigenvalue weighted by atomic mass is 10.0. The molecule has 168 valence electrons. The molecule has 2 aromatic rings. The fourth-order valence-corrected chi connectivity index (χ4v) is 4.87. The first-order valence-corrected chi connectivity index (χ1v) is 11.9. The number of likely N-dealkylation sites (tertiary alicyclic amines) is 2. The fraction of sp³-hybridized carbons (Fsp3) is 0.577. The van der Waals surface area contributed by atoms with Crippen LogP contribution in [0.4, 0.5) is 0 Å². The minimum absolute atomic E-state index is 0.115. The number of hydrogen-bond donors (Lipinski definition) is 0. The Hall–Kier alpha value is -2.11. The van der Waals surface area contributed by atoms with Crippen molar-refractivity contribution in [3.63, 3.8) is 0 Å². The van der Waals surface area contributed by atoms with Crippen LogP contribution in [0.15, 0.2) is 36.4 Å². The van der Waals surface area contributed by atoms with Crippen LogP contribution in [-0.4, -0.2) is 67.7 Å².